The van der Waals surface area contributed by atoms with Gasteiger partial charge in [0.1, 0.15) is 5.75 Å². The van der Waals surface area contributed by atoms with Crippen LogP contribution in [0.25, 0.3) is 0 Å². The molecule has 0 fully saturated rings. The highest BCUT2D eigenvalue weighted by atomic mass is 16.5. The summed E-state index contributed by atoms with van der Waals surface area (Å²) in [5.74, 6) is 0.878. The van der Waals surface area contributed by atoms with Gasteiger partial charge in [-0.25, -0.2) is 0 Å². The van der Waals surface area contributed by atoms with Gasteiger partial charge in [-0.05, 0) is 29.7 Å². The van der Waals surface area contributed by atoms with Gasteiger partial charge in [-0.2, -0.15) is 0 Å². The van der Waals surface area contributed by atoms with Gasteiger partial charge in [-0.15, -0.1) is 0 Å². The van der Waals surface area contributed by atoms with Gasteiger partial charge in [0, 0.05) is 18.6 Å². The molecule has 2 rings (SSSR count). The van der Waals surface area contributed by atoms with Crippen LogP contribution in [-0.2, 0) is 6.54 Å². The molecule has 2 atom stereocenters. The van der Waals surface area contributed by atoms with E-state index in [-0.39, 0.29) is 12.1 Å². The molecule has 0 aliphatic rings. The molecule has 0 bridgehead atoms. The predicted octanol–water partition coefficient (Wildman–Crippen LogP) is 3.26. The van der Waals surface area contributed by atoms with Crippen molar-refractivity contribution in [3.8, 4) is 5.75 Å². The minimum atomic E-state index is 0.102. The quantitative estimate of drug-likeness (QED) is 0.820. The van der Waals surface area contributed by atoms with E-state index in [0.717, 1.165) is 18.7 Å². The van der Waals surface area contributed by atoms with Gasteiger partial charge in [0.05, 0.1) is 7.11 Å². The number of methoxy groups -OCH3 is 1. The minimum absolute atomic E-state index is 0.102. The lowest BCUT2D eigenvalue weighted by molar-refractivity contribution is 0.413. The van der Waals surface area contributed by atoms with E-state index >= 15 is 0 Å². The summed E-state index contributed by atoms with van der Waals surface area (Å²) in [6.45, 7) is 2.91. The third-order valence-corrected chi connectivity index (χ3v) is 3.74. The second-order valence-corrected chi connectivity index (χ2v) is 5.19. The summed E-state index contributed by atoms with van der Waals surface area (Å²) in [5.41, 5.74) is 8.74. The smallest absolute Gasteiger partial charge is 0.118 e. The zero-order valence-electron chi connectivity index (χ0n) is 12.8. The Kier molecular flexibility index (Phi) is 5.78. The number of benzene rings is 2. The number of nitrogens with one attached hydrogen (secondary N) is 1. The molecule has 3 N–H and O–H groups in total. The van der Waals surface area contributed by atoms with Gasteiger partial charge >= 0.3 is 0 Å². The average molecular weight is 284 g/mol. The Morgan fingerprint density at radius 2 is 1.71 bits per heavy atom. The summed E-state index contributed by atoms with van der Waals surface area (Å²) in [7, 11) is 1.68. The van der Waals surface area contributed by atoms with E-state index in [2.05, 4.69) is 48.6 Å². The van der Waals surface area contributed by atoms with Crippen molar-refractivity contribution in [2.45, 2.75) is 32.0 Å². The van der Waals surface area contributed by atoms with E-state index < -0.39 is 0 Å². The third-order valence-electron chi connectivity index (χ3n) is 3.74. The third kappa shape index (κ3) is 4.31. The topological polar surface area (TPSA) is 47.3 Å². The summed E-state index contributed by atoms with van der Waals surface area (Å²) < 4.78 is 5.18. The van der Waals surface area contributed by atoms with Crippen LogP contribution in [0.15, 0.2) is 54.6 Å². The first-order valence-corrected chi connectivity index (χ1v) is 7.41. The maximum atomic E-state index is 6.28. The van der Waals surface area contributed by atoms with E-state index in [1.54, 1.807) is 7.11 Å². The Morgan fingerprint density at radius 1 is 1.05 bits per heavy atom. The van der Waals surface area contributed by atoms with Gasteiger partial charge in [0.2, 0.25) is 0 Å². The fourth-order valence-electron chi connectivity index (χ4n) is 2.38. The van der Waals surface area contributed by atoms with Gasteiger partial charge < -0.3 is 15.8 Å². The lowest BCUT2D eigenvalue weighted by Gasteiger charge is -2.25. The first kappa shape index (κ1) is 15.5. The van der Waals surface area contributed by atoms with E-state index in [4.69, 9.17) is 10.5 Å². The van der Waals surface area contributed by atoms with Crippen molar-refractivity contribution in [2.24, 2.45) is 5.73 Å². The molecule has 21 heavy (non-hydrogen) atoms. The van der Waals surface area contributed by atoms with Gasteiger partial charge in [-0.1, -0.05) is 49.4 Å². The summed E-state index contributed by atoms with van der Waals surface area (Å²) in [6, 6.07) is 18.8. The number of rotatable bonds is 7. The number of hydrogen-bond donors (Lipinski definition) is 2. The molecule has 0 radical (unpaired) electrons. The van der Waals surface area contributed by atoms with Crippen molar-refractivity contribution in [3.05, 3.63) is 65.7 Å². The van der Waals surface area contributed by atoms with E-state index in [9.17, 15) is 0 Å². The van der Waals surface area contributed by atoms with Gasteiger partial charge in [0.15, 0.2) is 0 Å². The van der Waals surface area contributed by atoms with Crippen LogP contribution in [0.3, 0.4) is 0 Å². The first-order chi connectivity index (χ1) is 10.2. The van der Waals surface area contributed by atoms with Crippen molar-refractivity contribution in [2.75, 3.05) is 7.11 Å². The summed E-state index contributed by atoms with van der Waals surface area (Å²) in [6.07, 6.45) is 0.940. The van der Waals surface area contributed by atoms with Gasteiger partial charge in [-0.3, -0.25) is 0 Å². The van der Waals surface area contributed by atoms with Crippen molar-refractivity contribution >= 4 is 0 Å². The van der Waals surface area contributed by atoms with Crippen LogP contribution >= 0.6 is 0 Å². The van der Waals surface area contributed by atoms with E-state index in [1.165, 1.54) is 11.1 Å². The molecule has 112 valence electrons. The van der Waals surface area contributed by atoms with Crippen LogP contribution in [0, 0.1) is 0 Å². The van der Waals surface area contributed by atoms with Crippen LogP contribution in [0.5, 0.6) is 5.75 Å². The summed E-state index contributed by atoms with van der Waals surface area (Å²) in [5, 5.41) is 3.57. The van der Waals surface area contributed by atoms with Crippen LogP contribution < -0.4 is 15.8 Å². The predicted molar refractivity (Wildman–Crippen MR) is 87.3 cm³/mol. The Hall–Kier alpha value is -1.84. The average Bonchev–Trinajstić information content (AvgIpc) is 2.56. The molecule has 0 aliphatic heterocycles. The fraction of sp³-hybridized carbons (Fsp3) is 0.333. The maximum Gasteiger partial charge on any atom is 0.118 e. The lowest BCUT2D eigenvalue weighted by Crippen LogP contribution is -2.37. The molecule has 2 aromatic rings. The largest absolute Gasteiger partial charge is 0.497 e. The second-order valence-electron chi connectivity index (χ2n) is 5.19. The summed E-state index contributed by atoms with van der Waals surface area (Å²) >= 11 is 0. The molecule has 2 aromatic carbocycles. The van der Waals surface area contributed by atoms with Crippen LogP contribution in [-0.4, -0.2) is 13.2 Å². The lowest BCUT2D eigenvalue weighted by atomic mass is 9.98. The van der Waals surface area contributed by atoms with Crippen molar-refractivity contribution < 1.29 is 4.74 Å². The minimum Gasteiger partial charge on any atom is -0.497 e. The number of hydrogen-bond acceptors (Lipinski definition) is 3. The van der Waals surface area contributed by atoms with E-state index in [1.807, 2.05) is 18.2 Å². The van der Waals surface area contributed by atoms with Crippen molar-refractivity contribution in [1.82, 2.24) is 5.32 Å². The van der Waals surface area contributed by atoms with Crippen molar-refractivity contribution in [3.63, 3.8) is 0 Å². The highest BCUT2D eigenvalue weighted by Crippen LogP contribution is 2.19. The summed E-state index contributed by atoms with van der Waals surface area (Å²) in [4.78, 5) is 0. The number of ether oxygens (including phenoxy) is 1. The van der Waals surface area contributed by atoms with E-state index in [0.29, 0.717) is 0 Å². The second kappa shape index (κ2) is 7.81. The molecule has 0 spiro atoms. The Labute approximate surface area is 127 Å². The molecular weight excluding hydrogens is 260 g/mol. The maximum absolute atomic E-state index is 6.28. The highest BCUT2D eigenvalue weighted by molar-refractivity contribution is 5.27. The monoisotopic (exact) mass is 284 g/mol. The molecule has 0 aromatic heterocycles. The molecule has 0 aliphatic carbocycles. The van der Waals surface area contributed by atoms with Crippen molar-refractivity contribution in [1.29, 1.82) is 0 Å². The standard InChI is InChI=1S/C18H24N2O/c1-3-17(19)18(15-7-5-4-6-8-15)20-13-14-9-11-16(21-2)12-10-14/h4-12,17-18,20H,3,13,19H2,1-2H3. The highest BCUT2D eigenvalue weighted by Gasteiger charge is 2.17. The zero-order chi connectivity index (χ0) is 15.1. The van der Waals surface area contributed by atoms with Crippen LogP contribution in [0.1, 0.15) is 30.5 Å². The zero-order valence-corrected chi connectivity index (χ0v) is 12.8. The molecule has 2 unspecified atom stereocenters. The molecule has 0 amide bonds. The SMILES string of the molecule is CCC(N)C(NCc1ccc(OC)cc1)c1ccccc1. The molecule has 0 saturated heterocycles. The van der Waals surface area contributed by atoms with Crippen LogP contribution in [0.4, 0.5) is 0 Å². The first-order valence-electron chi connectivity index (χ1n) is 7.41. The molecule has 0 saturated carbocycles. The van der Waals surface area contributed by atoms with Gasteiger partial charge in [0.25, 0.3) is 0 Å². The Morgan fingerprint density at radius 3 is 2.29 bits per heavy atom. The molecular formula is C18H24N2O. The van der Waals surface area contributed by atoms with Crippen LogP contribution in [0.2, 0.25) is 0 Å². The molecule has 3 heteroatoms. The fourth-order valence-corrected chi connectivity index (χ4v) is 2.38. The number of nitrogens with two attached hydrogens (primary N) is 1. The Balaban J connectivity index is 2.05. The molecule has 3 nitrogen and oxygen atoms in total. The normalized spacial score (nSPS) is 13.7. The Bertz CT molecular complexity index is 525. The molecule has 0 heterocycles.